The molecule has 1 rings (SSSR count). The first kappa shape index (κ1) is 12.9. The van der Waals surface area contributed by atoms with Gasteiger partial charge >= 0.3 is 5.69 Å². The Hall–Kier alpha value is -2.12. The minimum absolute atomic E-state index is 0.241. The van der Waals surface area contributed by atoms with Crippen molar-refractivity contribution >= 4 is 11.8 Å². The molecule has 1 aromatic heterocycles. The molecule has 0 bridgehead atoms. The summed E-state index contributed by atoms with van der Waals surface area (Å²) in [5.74, 6) is -1.55. The van der Waals surface area contributed by atoms with Gasteiger partial charge in [0.05, 0.1) is 12.0 Å². The summed E-state index contributed by atoms with van der Waals surface area (Å²) >= 11 is 0. The van der Waals surface area contributed by atoms with Crippen LogP contribution in [0.3, 0.4) is 0 Å². The van der Waals surface area contributed by atoms with Crippen LogP contribution in [0.15, 0.2) is 9.59 Å². The number of aromatic nitrogens is 3. The molecule has 0 aliphatic rings. The van der Waals surface area contributed by atoms with Crippen molar-refractivity contribution in [2.24, 2.45) is 0 Å². The van der Waals surface area contributed by atoms with E-state index in [9.17, 15) is 19.5 Å². The first-order valence-corrected chi connectivity index (χ1v) is 5.21. The van der Waals surface area contributed by atoms with E-state index in [1.54, 1.807) is 0 Å². The lowest BCUT2D eigenvalue weighted by molar-refractivity contribution is -0.306. The molecule has 8 heteroatoms. The molecule has 0 radical (unpaired) electrons. The number of carbonyl (C=O) groups excluding carboxylic acids is 1. The van der Waals surface area contributed by atoms with E-state index in [1.165, 1.54) is 0 Å². The highest BCUT2D eigenvalue weighted by molar-refractivity contribution is 5.74. The molecule has 0 spiro atoms. The van der Waals surface area contributed by atoms with Crippen LogP contribution in [-0.2, 0) is 4.79 Å². The van der Waals surface area contributed by atoms with Crippen LogP contribution in [0.2, 0.25) is 0 Å². The molecule has 17 heavy (non-hydrogen) atoms. The molecule has 0 aliphatic carbocycles. The summed E-state index contributed by atoms with van der Waals surface area (Å²) in [7, 11) is 0. The van der Waals surface area contributed by atoms with E-state index in [0.29, 0.717) is 12.8 Å². The quantitative estimate of drug-likeness (QED) is 0.537. The van der Waals surface area contributed by atoms with Gasteiger partial charge in [-0.05, 0) is 6.42 Å². The Bertz CT molecular complexity index is 492. The highest BCUT2D eigenvalue weighted by atomic mass is 16.4. The number of rotatable bonds is 6. The normalized spacial score (nSPS) is 12.1. The number of hydrogen-bond acceptors (Lipinski definition) is 6. The van der Waals surface area contributed by atoms with Crippen LogP contribution in [-0.4, -0.2) is 27.2 Å². The van der Waals surface area contributed by atoms with Crippen molar-refractivity contribution in [1.82, 2.24) is 15.2 Å². The maximum atomic E-state index is 11.3. The molecule has 0 unspecified atom stereocenters. The summed E-state index contributed by atoms with van der Waals surface area (Å²) in [6, 6.07) is -1.01. The monoisotopic (exact) mass is 241 g/mol. The maximum Gasteiger partial charge on any atom is 0.342 e. The van der Waals surface area contributed by atoms with Gasteiger partial charge in [0.15, 0.2) is 0 Å². The number of H-pyrrole nitrogens is 2. The molecular formula is C9H13N4O4-. The molecule has 94 valence electrons. The number of nitrogens with one attached hydrogen (secondary N) is 3. The average molecular weight is 241 g/mol. The molecule has 1 atom stereocenters. The van der Waals surface area contributed by atoms with Crippen molar-refractivity contribution < 1.29 is 9.90 Å². The molecular weight excluding hydrogens is 228 g/mol. The maximum absolute atomic E-state index is 11.3. The minimum Gasteiger partial charge on any atom is -0.548 e. The number of carboxylic acid groups (broad SMARTS) is 1. The van der Waals surface area contributed by atoms with E-state index in [4.69, 9.17) is 0 Å². The Morgan fingerprint density at radius 1 is 1.53 bits per heavy atom. The molecule has 8 nitrogen and oxygen atoms in total. The number of carboxylic acids is 1. The summed E-state index contributed by atoms with van der Waals surface area (Å²) < 4.78 is 0. The number of aromatic amines is 2. The summed E-state index contributed by atoms with van der Waals surface area (Å²) in [6.07, 6.45) is 1.81. The van der Waals surface area contributed by atoms with Crippen molar-refractivity contribution in [2.45, 2.75) is 32.2 Å². The highest BCUT2D eigenvalue weighted by Crippen LogP contribution is 2.04. The van der Waals surface area contributed by atoms with Crippen molar-refractivity contribution in [2.75, 3.05) is 5.32 Å². The van der Waals surface area contributed by atoms with Gasteiger partial charge in [0.2, 0.25) is 5.82 Å². The molecule has 0 aromatic carbocycles. The topological polar surface area (TPSA) is 131 Å². The van der Waals surface area contributed by atoms with Crippen LogP contribution in [0, 0.1) is 0 Å². The Balaban J connectivity index is 2.82. The SMILES string of the molecule is CCCC[C@@H](Nc1n[nH]c(=O)[nH]c1=O)C(=O)[O-]. The summed E-state index contributed by atoms with van der Waals surface area (Å²) in [6.45, 7) is 1.91. The van der Waals surface area contributed by atoms with Crippen LogP contribution < -0.4 is 21.7 Å². The number of unbranched alkanes of at least 4 members (excludes halogenated alkanes) is 1. The lowest BCUT2D eigenvalue weighted by Gasteiger charge is -2.18. The fraction of sp³-hybridized carbons (Fsp3) is 0.556. The first-order chi connectivity index (χ1) is 8.04. The molecule has 3 N–H and O–H groups in total. The standard InChI is InChI=1S/C9H14N4O4/c1-2-3-4-5(8(15)16)10-6-7(14)11-9(17)13-12-6/h5H,2-4H2,1H3,(H,10,12)(H,15,16)(H2,11,13,14,17)/p-1/t5-/m1/s1. The third-order valence-electron chi connectivity index (χ3n) is 2.15. The van der Waals surface area contributed by atoms with Gasteiger partial charge in [0.25, 0.3) is 5.56 Å². The van der Waals surface area contributed by atoms with E-state index in [0.717, 1.165) is 6.42 Å². The lowest BCUT2D eigenvalue weighted by Crippen LogP contribution is -2.42. The van der Waals surface area contributed by atoms with Gasteiger partial charge in [-0.3, -0.25) is 9.78 Å². The Morgan fingerprint density at radius 2 is 2.24 bits per heavy atom. The van der Waals surface area contributed by atoms with Crippen LogP contribution in [0.25, 0.3) is 0 Å². The van der Waals surface area contributed by atoms with Gasteiger partial charge in [-0.25, -0.2) is 9.89 Å². The molecule has 0 fully saturated rings. The second-order valence-corrected chi connectivity index (χ2v) is 3.51. The number of aliphatic carboxylic acids is 1. The number of carbonyl (C=O) groups is 1. The lowest BCUT2D eigenvalue weighted by atomic mass is 10.1. The number of anilines is 1. The van der Waals surface area contributed by atoms with Gasteiger partial charge in [-0.2, -0.15) is 0 Å². The Kier molecular flexibility index (Phi) is 4.44. The minimum atomic E-state index is -1.31. The van der Waals surface area contributed by atoms with E-state index in [2.05, 4.69) is 10.4 Å². The predicted octanol–water partition coefficient (Wildman–Crippen LogP) is -1.82. The first-order valence-electron chi connectivity index (χ1n) is 5.21. The van der Waals surface area contributed by atoms with Crippen LogP contribution in [0.1, 0.15) is 26.2 Å². The van der Waals surface area contributed by atoms with E-state index >= 15 is 0 Å². The fourth-order valence-electron chi connectivity index (χ4n) is 1.27. The molecule has 0 saturated heterocycles. The van der Waals surface area contributed by atoms with Crippen LogP contribution in [0.5, 0.6) is 0 Å². The van der Waals surface area contributed by atoms with E-state index < -0.39 is 23.3 Å². The number of hydrogen-bond donors (Lipinski definition) is 3. The van der Waals surface area contributed by atoms with Crippen molar-refractivity contribution in [3.63, 3.8) is 0 Å². The second-order valence-electron chi connectivity index (χ2n) is 3.51. The Morgan fingerprint density at radius 3 is 2.76 bits per heavy atom. The van der Waals surface area contributed by atoms with Crippen LogP contribution in [0.4, 0.5) is 5.82 Å². The third kappa shape index (κ3) is 3.74. The summed E-state index contributed by atoms with van der Waals surface area (Å²) in [4.78, 5) is 34.7. The molecule has 1 aromatic rings. The molecule has 0 amide bonds. The van der Waals surface area contributed by atoms with E-state index in [-0.39, 0.29) is 5.82 Å². The second kappa shape index (κ2) is 5.83. The van der Waals surface area contributed by atoms with Crippen molar-refractivity contribution in [3.05, 3.63) is 20.8 Å². The van der Waals surface area contributed by atoms with Gasteiger partial charge < -0.3 is 15.2 Å². The predicted molar refractivity (Wildman–Crippen MR) is 57.4 cm³/mol. The summed E-state index contributed by atoms with van der Waals surface area (Å²) in [5, 5.41) is 18.7. The fourth-order valence-corrected chi connectivity index (χ4v) is 1.27. The van der Waals surface area contributed by atoms with Gasteiger partial charge in [-0.15, -0.1) is 5.10 Å². The number of nitrogens with zero attached hydrogens (tertiary/aromatic N) is 1. The van der Waals surface area contributed by atoms with Gasteiger partial charge in [0.1, 0.15) is 0 Å². The largest absolute Gasteiger partial charge is 0.548 e. The molecule has 0 saturated carbocycles. The van der Waals surface area contributed by atoms with Crippen LogP contribution >= 0.6 is 0 Å². The zero-order valence-corrected chi connectivity index (χ0v) is 9.28. The Labute approximate surface area is 96.1 Å². The van der Waals surface area contributed by atoms with Crippen molar-refractivity contribution in [1.29, 1.82) is 0 Å². The van der Waals surface area contributed by atoms with Crippen molar-refractivity contribution in [3.8, 4) is 0 Å². The van der Waals surface area contributed by atoms with E-state index in [1.807, 2.05) is 17.0 Å². The van der Waals surface area contributed by atoms with Gasteiger partial charge in [0, 0.05) is 0 Å². The zero-order chi connectivity index (χ0) is 12.8. The summed E-state index contributed by atoms with van der Waals surface area (Å²) in [5.41, 5.74) is -1.52. The third-order valence-corrected chi connectivity index (χ3v) is 2.15. The smallest absolute Gasteiger partial charge is 0.342 e. The molecule has 1 heterocycles. The molecule has 0 aliphatic heterocycles. The average Bonchev–Trinajstić information content (AvgIpc) is 2.26. The van der Waals surface area contributed by atoms with Gasteiger partial charge in [-0.1, -0.05) is 19.8 Å². The highest BCUT2D eigenvalue weighted by Gasteiger charge is 2.12. The zero-order valence-electron chi connectivity index (χ0n) is 9.28.